The highest BCUT2D eigenvalue weighted by molar-refractivity contribution is 7.66. The van der Waals surface area contributed by atoms with Gasteiger partial charge < -0.3 is 29.5 Å². The molecule has 0 fully saturated rings. The molecule has 1 aromatic heterocycles. The number of aromatic nitrogens is 2. The summed E-state index contributed by atoms with van der Waals surface area (Å²) in [6, 6.07) is 0. The van der Waals surface area contributed by atoms with Crippen LogP contribution in [0.3, 0.4) is 0 Å². The van der Waals surface area contributed by atoms with E-state index in [9.17, 15) is 27.7 Å². The van der Waals surface area contributed by atoms with Crippen molar-refractivity contribution < 1.29 is 51.2 Å². The number of phosphoric acid groups is 3. The molecule has 128 valence electrons. The lowest BCUT2D eigenvalue weighted by Crippen LogP contribution is -2.23. The van der Waals surface area contributed by atoms with Crippen molar-refractivity contribution in [2.24, 2.45) is 0 Å². The van der Waals surface area contributed by atoms with Crippen LogP contribution in [0, 0.1) is 5.82 Å². The van der Waals surface area contributed by atoms with Crippen molar-refractivity contribution in [1.29, 1.82) is 0 Å². The van der Waals surface area contributed by atoms with Gasteiger partial charge in [0, 0.05) is 6.20 Å². The van der Waals surface area contributed by atoms with Gasteiger partial charge in [0.05, 0.1) is 0 Å². The number of hydrogen-bond donors (Lipinski definition) is 7. The maximum atomic E-state index is 12.0. The highest BCUT2D eigenvalue weighted by Gasteiger charge is 2.38. The first-order valence-corrected chi connectivity index (χ1v) is 9.01. The molecule has 0 aliphatic rings. The fourth-order valence-electron chi connectivity index (χ4n) is 0.677. The fraction of sp³-hybridized carbons (Fsp3) is 0. The van der Waals surface area contributed by atoms with Gasteiger partial charge in [0.1, 0.15) is 0 Å². The van der Waals surface area contributed by atoms with Crippen molar-refractivity contribution in [2.45, 2.75) is 0 Å². The van der Waals surface area contributed by atoms with Gasteiger partial charge in [-0.2, -0.15) is 13.0 Å². The van der Waals surface area contributed by atoms with E-state index in [1.54, 1.807) is 4.98 Å². The predicted molar refractivity (Wildman–Crippen MR) is 63.7 cm³/mol. The van der Waals surface area contributed by atoms with Crippen molar-refractivity contribution in [3.8, 4) is 0 Å². The van der Waals surface area contributed by atoms with E-state index in [4.69, 9.17) is 24.5 Å². The van der Waals surface area contributed by atoms with Gasteiger partial charge in [0.2, 0.25) is 5.82 Å². The summed E-state index contributed by atoms with van der Waals surface area (Å²) in [6.07, 6.45) is 0.709. The van der Waals surface area contributed by atoms with E-state index in [1.165, 1.54) is 0 Å². The summed E-state index contributed by atoms with van der Waals surface area (Å²) in [6.45, 7) is 0. The van der Waals surface area contributed by atoms with E-state index >= 15 is 0 Å². The van der Waals surface area contributed by atoms with E-state index in [1.807, 2.05) is 4.98 Å². The van der Waals surface area contributed by atoms with Crippen LogP contribution < -0.4 is 11.2 Å². The standard InChI is InChI=1S/C4H3FN2O2.H5O10P3/c5-2-1-6-4(9)7-3(2)8;1-11(2,3)9-13(7,8)10-12(4,5)6/h1H,(H2,6,7,8,9);(H,7,8)(H2,1,2,3)(H2,4,5,6). The second-order valence-corrected chi connectivity index (χ2v) is 7.24. The molecule has 14 nitrogen and oxygen atoms in total. The van der Waals surface area contributed by atoms with Crippen molar-refractivity contribution in [3.63, 3.8) is 0 Å². The third-order valence-electron chi connectivity index (χ3n) is 1.19. The lowest BCUT2D eigenvalue weighted by atomic mass is 10.6. The summed E-state index contributed by atoms with van der Waals surface area (Å²) >= 11 is 0. The number of hydrogen-bond acceptors (Lipinski definition) is 7. The minimum Gasteiger partial charge on any atom is -0.311 e. The van der Waals surface area contributed by atoms with Crippen LogP contribution in [0.15, 0.2) is 15.8 Å². The van der Waals surface area contributed by atoms with Crippen LogP contribution in [0.2, 0.25) is 0 Å². The Kier molecular flexibility index (Phi) is 7.19. The summed E-state index contributed by atoms with van der Waals surface area (Å²) in [5.74, 6) is -0.991. The zero-order chi connectivity index (χ0) is 17.8. The Bertz CT molecular complexity index is 728. The Hall–Kier alpha value is -0.980. The Morgan fingerprint density at radius 3 is 1.64 bits per heavy atom. The molecule has 0 aliphatic heterocycles. The molecule has 1 heterocycles. The van der Waals surface area contributed by atoms with E-state index in [0.717, 1.165) is 0 Å². The number of halogens is 1. The fourth-order valence-corrected chi connectivity index (χ4v) is 3.22. The van der Waals surface area contributed by atoms with Crippen LogP contribution in [0.5, 0.6) is 0 Å². The van der Waals surface area contributed by atoms with Gasteiger partial charge in [-0.25, -0.2) is 18.5 Å². The average Bonchev–Trinajstić information content (AvgIpc) is 2.17. The highest BCUT2D eigenvalue weighted by atomic mass is 31.3. The normalized spacial score (nSPS) is 12.5. The van der Waals surface area contributed by atoms with Crippen molar-refractivity contribution in [1.82, 2.24) is 9.97 Å². The second kappa shape index (κ2) is 7.53. The molecule has 0 radical (unpaired) electrons. The summed E-state index contributed by atoms with van der Waals surface area (Å²) in [5.41, 5.74) is -1.71. The van der Waals surface area contributed by atoms with Crippen LogP contribution in [0.1, 0.15) is 0 Å². The third kappa shape index (κ3) is 10.7. The number of nitrogens with one attached hydrogen (secondary N) is 2. The Morgan fingerprint density at radius 1 is 0.955 bits per heavy atom. The Morgan fingerprint density at radius 2 is 1.36 bits per heavy atom. The molecule has 1 rings (SSSR count). The number of aromatic amines is 2. The van der Waals surface area contributed by atoms with Gasteiger partial charge in [-0.1, -0.05) is 0 Å². The molecule has 0 amide bonds. The molecular weight excluding hydrogens is 380 g/mol. The van der Waals surface area contributed by atoms with Gasteiger partial charge in [-0.15, -0.1) is 0 Å². The van der Waals surface area contributed by atoms with Gasteiger partial charge in [0.15, 0.2) is 0 Å². The minimum atomic E-state index is -5.46. The molecule has 18 heteroatoms. The largest absolute Gasteiger partial charge is 0.490 e. The van der Waals surface area contributed by atoms with Crippen LogP contribution in [-0.2, 0) is 22.3 Å². The van der Waals surface area contributed by atoms with Crippen LogP contribution in [0.25, 0.3) is 0 Å². The zero-order valence-electron chi connectivity index (χ0n) is 9.89. The quantitative estimate of drug-likeness (QED) is 0.292. The lowest BCUT2D eigenvalue weighted by Gasteiger charge is -2.11. The minimum absolute atomic E-state index is 0.707. The average molecular weight is 388 g/mol. The van der Waals surface area contributed by atoms with Gasteiger partial charge in [0.25, 0.3) is 5.56 Å². The van der Waals surface area contributed by atoms with Crippen LogP contribution in [0.4, 0.5) is 4.39 Å². The summed E-state index contributed by atoms with van der Waals surface area (Å²) in [5, 5.41) is 0. The highest BCUT2D eigenvalue weighted by Crippen LogP contribution is 2.64. The first kappa shape index (κ1) is 21.0. The monoisotopic (exact) mass is 388 g/mol. The van der Waals surface area contributed by atoms with Gasteiger partial charge in [-0.3, -0.25) is 9.78 Å². The van der Waals surface area contributed by atoms with Crippen molar-refractivity contribution in [3.05, 3.63) is 32.9 Å². The first-order valence-electron chi connectivity index (χ1n) is 4.45. The van der Waals surface area contributed by atoms with Crippen molar-refractivity contribution >= 4 is 23.5 Å². The third-order valence-corrected chi connectivity index (χ3v) is 4.55. The van der Waals surface area contributed by atoms with Gasteiger partial charge in [-0.05, 0) is 0 Å². The Labute approximate surface area is 118 Å². The SMILES string of the molecule is O=P(O)(O)OP(=O)(O)OP(=O)(O)O.O=c1[nH]cc(F)c(=O)[nH]1. The molecule has 0 bridgehead atoms. The molecule has 0 saturated carbocycles. The molecule has 0 unspecified atom stereocenters. The van der Waals surface area contributed by atoms with E-state index in [-0.39, 0.29) is 0 Å². The van der Waals surface area contributed by atoms with Gasteiger partial charge >= 0.3 is 29.2 Å². The smallest absolute Gasteiger partial charge is 0.311 e. The number of rotatable bonds is 4. The Balaban J connectivity index is 0.000000425. The maximum Gasteiger partial charge on any atom is 0.490 e. The lowest BCUT2D eigenvalue weighted by molar-refractivity contribution is 0.204. The molecule has 0 atom stereocenters. The molecule has 1 aromatic rings. The maximum absolute atomic E-state index is 12.0. The molecule has 7 N–H and O–H groups in total. The molecule has 0 spiro atoms. The summed E-state index contributed by atoms with van der Waals surface area (Å²) in [4.78, 5) is 64.2. The van der Waals surface area contributed by atoms with E-state index in [0.29, 0.717) is 6.20 Å². The summed E-state index contributed by atoms with van der Waals surface area (Å²) < 4.78 is 48.4. The molecule has 22 heavy (non-hydrogen) atoms. The molecule has 0 aliphatic carbocycles. The van der Waals surface area contributed by atoms with E-state index in [2.05, 4.69) is 8.62 Å². The van der Waals surface area contributed by atoms with E-state index < -0.39 is 40.5 Å². The molecule has 0 aromatic carbocycles. The molecular formula is C4H8FN2O12P3. The van der Waals surface area contributed by atoms with Crippen molar-refractivity contribution in [2.75, 3.05) is 0 Å². The zero-order valence-corrected chi connectivity index (χ0v) is 12.6. The number of H-pyrrole nitrogens is 2. The van der Waals surface area contributed by atoms with Crippen LogP contribution >= 0.6 is 23.5 Å². The summed E-state index contributed by atoms with van der Waals surface area (Å²) in [7, 11) is -16.2. The predicted octanol–water partition coefficient (Wildman–Crippen LogP) is -1.49. The molecule has 0 saturated heterocycles. The van der Waals surface area contributed by atoms with Crippen LogP contribution in [-0.4, -0.2) is 34.4 Å². The second-order valence-electron chi connectivity index (χ2n) is 3.03. The first-order chi connectivity index (χ1) is 9.61. The topological polar surface area (TPSA) is 237 Å².